The maximum absolute atomic E-state index is 13.1. The summed E-state index contributed by atoms with van der Waals surface area (Å²) in [7, 11) is 0. The third-order valence-electron chi connectivity index (χ3n) is 5.56. The number of carbonyl (C=O) groups excluding carboxylic acids is 2. The molecule has 2 heterocycles. The van der Waals surface area contributed by atoms with E-state index in [0.717, 1.165) is 17.5 Å². The molecular formula is C24H25FN4O2S. The van der Waals surface area contributed by atoms with Crippen molar-refractivity contribution >= 4 is 28.3 Å². The summed E-state index contributed by atoms with van der Waals surface area (Å²) < 4.78 is 13.1. The molecule has 1 aromatic heterocycles. The maximum atomic E-state index is 13.1. The van der Waals surface area contributed by atoms with Crippen LogP contribution in [0.1, 0.15) is 49.5 Å². The van der Waals surface area contributed by atoms with E-state index in [1.54, 1.807) is 17.0 Å². The topological polar surface area (TPSA) is 75.2 Å². The van der Waals surface area contributed by atoms with Crippen LogP contribution < -0.4 is 5.32 Å². The SMILES string of the molecule is CC(C)(C)c1ccc(C(=O)N2CCCC2C(=O)Nc2nnc(-c3ccc(F)cc3)s2)cc1. The van der Waals surface area contributed by atoms with Crippen molar-refractivity contribution in [1.29, 1.82) is 0 Å². The first-order valence-corrected chi connectivity index (χ1v) is 11.4. The molecule has 1 atom stereocenters. The van der Waals surface area contributed by atoms with E-state index < -0.39 is 6.04 Å². The normalized spacial score (nSPS) is 16.2. The summed E-state index contributed by atoms with van der Waals surface area (Å²) in [5, 5.41) is 11.8. The lowest BCUT2D eigenvalue weighted by Crippen LogP contribution is -2.43. The Labute approximate surface area is 190 Å². The molecule has 0 radical (unpaired) electrons. The second kappa shape index (κ2) is 8.78. The minimum Gasteiger partial charge on any atom is -0.327 e. The highest BCUT2D eigenvalue weighted by Gasteiger charge is 2.35. The fourth-order valence-corrected chi connectivity index (χ4v) is 4.48. The third kappa shape index (κ3) is 4.70. The van der Waals surface area contributed by atoms with Gasteiger partial charge in [0.25, 0.3) is 5.91 Å². The number of halogens is 1. The number of amides is 2. The monoisotopic (exact) mass is 452 g/mol. The molecule has 4 rings (SSSR count). The predicted molar refractivity (Wildman–Crippen MR) is 123 cm³/mol. The largest absolute Gasteiger partial charge is 0.327 e. The highest BCUT2D eigenvalue weighted by molar-refractivity contribution is 7.18. The van der Waals surface area contributed by atoms with Crippen LogP contribution in [0.3, 0.4) is 0 Å². The van der Waals surface area contributed by atoms with Gasteiger partial charge in [0.1, 0.15) is 16.9 Å². The van der Waals surface area contributed by atoms with Crippen LogP contribution in [-0.4, -0.2) is 39.5 Å². The molecule has 3 aromatic rings. The van der Waals surface area contributed by atoms with Crippen molar-refractivity contribution in [2.45, 2.75) is 45.1 Å². The van der Waals surface area contributed by atoms with Gasteiger partial charge < -0.3 is 4.90 Å². The van der Waals surface area contributed by atoms with Crippen LogP contribution >= 0.6 is 11.3 Å². The van der Waals surface area contributed by atoms with Crippen LogP contribution in [0.25, 0.3) is 10.6 Å². The Kier molecular flexibility index (Phi) is 6.06. The molecular weight excluding hydrogens is 427 g/mol. The molecule has 2 amide bonds. The van der Waals surface area contributed by atoms with Gasteiger partial charge in [0.15, 0.2) is 0 Å². The van der Waals surface area contributed by atoms with Crippen molar-refractivity contribution in [2.24, 2.45) is 0 Å². The summed E-state index contributed by atoms with van der Waals surface area (Å²) in [5.41, 5.74) is 2.46. The molecule has 1 fully saturated rings. The van der Waals surface area contributed by atoms with Crippen LogP contribution in [0.15, 0.2) is 48.5 Å². The van der Waals surface area contributed by atoms with Crippen LogP contribution in [0, 0.1) is 5.82 Å². The summed E-state index contributed by atoms with van der Waals surface area (Å²) >= 11 is 1.21. The molecule has 2 aromatic carbocycles. The van der Waals surface area contributed by atoms with E-state index >= 15 is 0 Å². The van der Waals surface area contributed by atoms with E-state index in [0.29, 0.717) is 28.7 Å². The molecule has 1 N–H and O–H groups in total. The number of nitrogens with one attached hydrogen (secondary N) is 1. The number of aromatic nitrogens is 2. The minimum absolute atomic E-state index is 0.00610. The Morgan fingerprint density at radius 3 is 2.41 bits per heavy atom. The van der Waals surface area contributed by atoms with Crippen molar-refractivity contribution in [3.63, 3.8) is 0 Å². The second-order valence-corrected chi connectivity index (χ2v) is 9.87. The predicted octanol–water partition coefficient (Wildman–Crippen LogP) is 4.89. The maximum Gasteiger partial charge on any atom is 0.254 e. The van der Waals surface area contributed by atoms with Gasteiger partial charge >= 0.3 is 0 Å². The molecule has 1 unspecified atom stereocenters. The Morgan fingerprint density at radius 2 is 1.75 bits per heavy atom. The number of nitrogens with zero attached hydrogens (tertiary/aromatic N) is 3. The first-order valence-electron chi connectivity index (χ1n) is 10.5. The summed E-state index contributed by atoms with van der Waals surface area (Å²) in [6.07, 6.45) is 1.36. The number of benzene rings is 2. The van der Waals surface area contributed by atoms with Crippen molar-refractivity contribution < 1.29 is 14.0 Å². The zero-order valence-electron chi connectivity index (χ0n) is 18.3. The van der Waals surface area contributed by atoms with Crippen LogP contribution in [0.2, 0.25) is 0 Å². The number of carbonyl (C=O) groups is 2. The van der Waals surface area contributed by atoms with Gasteiger partial charge in [-0.05, 0) is 60.2 Å². The number of likely N-dealkylation sites (tertiary alicyclic amines) is 1. The van der Waals surface area contributed by atoms with Gasteiger partial charge in [0.2, 0.25) is 11.0 Å². The summed E-state index contributed by atoms with van der Waals surface area (Å²) in [6, 6.07) is 13.0. The van der Waals surface area contributed by atoms with Gasteiger partial charge in [-0.2, -0.15) is 0 Å². The first-order chi connectivity index (χ1) is 15.2. The highest BCUT2D eigenvalue weighted by Crippen LogP contribution is 2.28. The quantitative estimate of drug-likeness (QED) is 0.612. The summed E-state index contributed by atoms with van der Waals surface area (Å²) in [4.78, 5) is 27.6. The van der Waals surface area contributed by atoms with Crippen LogP contribution in [0.4, 0.5) is 9.52 Å². The lowest BCUT2D eigenvalue weighted by molar-refractivity contribution is -0.119. The molecule has 6 nitrogen and oxygen atoms in total. The average molecular weight is 453 g/mol. The molecule has 32 heavy (non-hydrogen) atoms. The van der Waals surface area contributed by atoms with Gasteiger partial charge in [0, 0.05) is 17.7 Å². The van der Waals surface area contributed by atoms with Crippen molar-refractivity contribution in [1.82, 2.24) is 15.1 Å². The van der Waals surface area contributed by atoms with Gasteiger partial charge in [-0.25, -0.2) is 4.39 Å². The minimum atomic E-state index is -0.553. The molecule has 0 spiro atoms. The van der Waals surface area contributed by atoms with Gasteiger partial charge in [0.05, 0.1) is 0 Å². The Bertz CT molecular complexity index is 1120. The van der Waals surface area contributed by atoms with Crippen molar-refractivity contribution in [3.05, 3.63) is 65.5 Å². The smallest absolute Gasteiger partial charge is 0.254 e. The molecule has 0 aliphatic carbocycles. The van der Waals surface area contributed by atoms with E-state index in [1.165, 1.54) is 23.5 Å². The number of hydrogen-bond donors (Lipinski definition) is 1. The van der Waals surface area contributed by atoms with Gasteiger partial charge in [-0.3, -0.25) is 14.9 Å². The lowest BCUT2D eigenvalue weighted by Gasteiger charge is -2.24. The van der Waals surface area contributed by atoms with Gasteiger partial charge in [-0.15, -0.1) is 10.2 Å². The van der Waals surface area contributed by atoms with Crippen molar-refractivity contribution in [2.75, 3.05) is 11.9 Å². The van der Waals surface area contributed by atoms with Crippen molar-refractivity contribution in [3.8, 4) is 10.6 Å². The summed E-state index contributed by atoms with van der Waals surface area (Å²) in [5.74, 6) is -0.748. The fourth-order valence-electron chi connectivity index (χ4n) is 3.73. The molecule has 1 aliphatic heterocycles. The lowest BCUT2D eigenvalue weighted by atomic mass is 9.86. The highest BCUT2D eigenvalue weighted by atomic mass is 32.1. The molecule has 0 bridgehead atoms. The second-order valence-electron chi connectivity index (χ2n) is 8.89. The number of anilines is 1. The average Bonchev–Trinajstić information content (AvgIpc) is 3.43. The standard InChI is InChI=1S/C24H25FN4O2S/c1-24(2,3)17-10-6-16(7-11-17)22(31)29-14-4-5-19(29)20(30)26-23-28-27-21(32-23)15-8-12-18(25)13-9-15/h6-13,19H,4-5,14H2,1-3H3,(H,26,28,30). The first kappa shape index (κ1) is 22.1. The van der Waals surface area contributed by atoms with E-state index in [9.17, 15) is 14.0 Å². The molecule has 1 aliphatic rings. The van der Waals surface area contributed by atoms with E-state index in [-0.39, 0.29) is 23.0 Å². The Balaban J connectivity index is 1.44. The summed E-state index contributed by atoms with van der Waals surface area (Å²) in [6.45, 7) is 6.91. The number of rotatable bonds is 4. The molecule has 1 saturated heterocycles. The van der Waals surface area contributed by atoms with E-state index in [1.807, 2.05) is 24.3 Å². The van der Waals surface area contributed by atoms with Crippen LogP contribution in [0.5, 0.6) is 0 Å². The molecule has 166 valence electrons. The van der Waals surface area contributed by atoms with E-state index in [2.05, 4.69) is 36.3 Å². The third-order valence-corrected chi connectivity index (χ3v) is 6.45. The molecule has 8 heteroatoms. The number of hydrogen-bond acceptors (Lipinski definition) is 5. The Morgan fingerprint density at radius 1 is 1.06 bits per heavy atom. The van der Waals surface area contributed by atoms with E-state index in [4.69, 9.17) is 0 Å². The fraction of sp³-hybridized carbons (Fsp3) is 0.333. The van der Waals surface area contributed by atoms with Crippen LogP contribution in [-0.2, 0) is 10.2 Å². The zero-order chi connectivity index (χ0) is 22.9. The zero-order valence-corrected chi connectivity index (χ0v) is 19.1. The van der Waals surface area contributed by atoms with Gasteiger partial charge in [-0.1, -0.05) is 44.2 Å². The Hall–Kier alpha value is -3.13. The molecule has 0 saturated carbocycles.